The Balaban J connectivity index is 0.00000180. The van der Waals surface area contributed by atoms with Gasteiger partial charge in [0.2, 0.25) is 10.0 Å². The lowest BCUT2D eigenvalue weighted by molar-refractivity contribution is 0.283. The van der Waals surface area contributed by atoms with Crippen molar-refractivity contribution in [1.82, 2.24) is 9.62 Å². The molecule has 8 heteroatoms. The van der Waals surface area contributed by atoms with Gasteiger partial charge in [0.25, 0.3) is 0 Å². The SMILES string of the molecule is C[C@H]1CNCCN1S(=O)(=O)c1ccc(F)c(F)c1.Cl. The summed E-state index contributed by atoms with van der Waals surface area (Å²) >= 11 is 0. The second-order valence-corrected chi connectivity index (χ2v) is 6.14. The van der Waals surface area contributed by atoms with Crippen LogP contribution in [0.2, 0.25) is 0 Å². The molecular weight excluding hydrogens is 298 g/mol. The molecule has 1 atom stereocenters. The molecule has 19 heavy (non-hydrogen) atoms. The summed E-state index contributed by atoms with van der Waals surface area (Å²) in [6, 6.07) is 2.42. The van der Waals surface area contributed by atoms with Crippen LogP contribution in [0.5, 0.6) is 0 Å². The Hall–Kier alpha value is -0.760. The van der Waals surface area contributed by atoms with Crippen LogP contribution in [0.25, 0.3) is 0 Å². The van der Waals surface area contributed by atoms with Crippen LogP contribution in [-0.2, 0) is 10.0 Å². The Morgan fingerprint density at radius 3 is 2.58 bits per heavy atom. The van der Waals surface area contributed by atoms with E-state index in [2.05, 4.69) is 5.32 Å². The van der Waals surface area contributed by atoms with Crippen molar-refractivity contribution in [2.45, 2.75) is 17.9 Å². The standard InChI is InChI=1S/C11H14F2N2O2S.ClH/c1-8-7-14-4-5-15(8)18(16,17)9-2-3-10(12)11(13)6-9;/h2-3,6,8,14H,4-5,7H2,1H3;1H/t8-;/m0./s1. The highest BCUT2D eigenvalue weighted by molar-refractivity contribution is 7.89. The highest BCUT2D eigenvalue weighted by Crippen LogP contribution is 2.21. The van der Waals surface area contributed by atoms with Crippen LogP contribution in [0.1, 0.15) is 6.92 Å². The van der Waals surface area contributed by atoms with Crippen molar-refractivity contribution in [2.24, 2.45) is 0 Å². The van der Waals surface area contributed by atoms with E-state index in [4.69, 9.17) is 0 Å². The molecule has 1 fully saturated rings. The van der Waals surface area contributed by atoms with E-state index in [1.165, 1.54) is 4.31 Å². The fourth-order valence-corrected chi connectivity index (χ4v) is 3.60. The van der Waals surface area contributed by atoms with Crippen LogP contribution >= 0.6 is 12.4 Å². The van der Waals surface area contributed by atoms with E-state index in [1.807, 2.05) is 0 Å². The van der Waals surface area contributed by atoms with Crippen molar-refractivity contribution in [3.8, 4) is 0 Å². The summed E-state index contributed by atoms with van der Waals surface area (Å²) in [6.07, 6.45) is 0. The van der Waals surface area contributed by atoms with Crippen LogP contribution in [-0.4, -0.2) is 38.4 Å². The van der Waals surface area contributed by atoms with E-state index in [9.17, 15) is 17.2 Å². The van der Waals surface area contributed by atoms with Gasteiger partial charge in [-0.05, 0) is 25.1 Å². The molecule has 1 saturated heterocycles. The van der Waals surface area contributed by atoms with Gasteiger partial charge < -0.3 is 5.32 Å². The van der Waals surface area contributed by atoms with Crippen molar-refractivity contribution in [3.63, 3.8) is 0 Å². The van der Waals surface area contributed by atoms with E-state index in [0.717, 1.165) is 18.2 Å². The normalized spacial score (nSPS) is 20.9. The summed E-state index contributed by atoms with van der Waals surface area (Å²) < 4.78 is 51.8. The van der Waals surface area contributed by atoms with Gasteiger partial charge in [0.15, 0.2) is 11.6 Å². The molecule has 1 aromatic rings. The lowest BCUT2D eigenvalue weighted by atomic mass is 10.3. The van der Waals surface area contributed by atoms with E-state index in [0.29, 0.717) is 19.6 Å². The monoisotopic (exact) mass is 312 g/mol. The van der Waals surface area contributed by atoms with Gasteiger partial charge >= 0.3 is 0 Å². The molecule has 0 bridgehead atoms. The Kier molecular flexibility index (Phi) is 5.26. The average Bonchev–Trinajstić information content (AvgIpc) is 2.33. The third-order valence-corrected chi connectivity index (χ3v) is 4.95. The quantitative estimate of drug-likeness (QED) is 0.897. The van der Waals surface area contributed by atoms with Crippen LogP contribution in [0.15, 0.2) is 23.1 Å². The van der Waals surface area contributed by atoms with Crippen molar-refractivity contribution < 1.29 is 17.2 Å². The molecule has 1 heterocycles. The number of sulfonamides is 1. The van der Waals surface area contributed by atoms with Crippen molar-refractivity contribution in [2.75, 3.05) is 19.6 Å². The van der Waals surface area contributed by atoms with Gasteiger partial charge in [-0.25, -0.2) is 17.2 Å². The Bertz CT molecular complexity index is 554. The fraction of sp³-hybridized carbons (Fsp3) is 0.455. The second-order valence-electron chi connectivity index (χ2n) is 4.24. The number of benzene rings is 1. The number of rotatable bonds is 2. The molecular formula is C11H15ClF2N2O2S. The fourth-order valence-electron chi connectivity index (χ4n) is 1.95. The molecule has 0 aliphatic carbocycles. The summed E-state index contributed by atoms with van der Waals surface area (Å²) in [7, 11) is -3.76. The second kappa shape index (κ2) is 6.13. The molecule has 1 N–H and O–H groups in total. The van der Waals surface area contributed by atoms with Crippen LogP contribution < -0.4 is 5.32 Å². The zero-order chi connectivity index (χ0) is 13.3. The maximum absolute atomic E-state index is 13.1. The molecule has 1 aliphatic heterocycles. The molecule has 0 saturated carbocycles. The van der Waals surface area contributed by atoms with Gasteiger partial charge in [-0.15, -0.1) is 12.4 Å². The molecule has 0 spiro atoms. The first-order chi connectivity index (χ1) is 8.43. The summed E-state index contributed by atoms with van der Waals surface area (Å²) in [5.74, 6) is -2.21. The Labute approximate surface area is 117 Å². The Morgan fingerprint density at radius 1 is 1.32 bits per heavy atom. The Morgan fingerprint density at radius 2 is 2.00 bits per heavy atom. The molecule has 4 nitrogen and oxygen atoms in total. The molecule has 2 rings (SSSR count). The maximum Gasteiger partial charge on any atom is 0.243 e. The first-order valence-electron chi connectivity index (χ1n) is 5.60. The highest BCUT2D eigenvalue weighted by Gasteiger charge is 2.31. The molecule has 1 aliphatic rings. The minimum absolute atomic E-state index is 0. The van der Waals surface area contributed by atoms with Gasteiger partial charge in [0.05, 0.1) is 4.90 Å². The molecule has 108 valence electrons. The largest absolute Gasteiger partial charge is 0.314 e. The van der Waals surface area contributed by atoms with Crippen molar-refractivity contribution in [1.29, 1.82) is 0 Å². The van der Waals surface area contributed by atoms with Gasteiger partial charge in [-0.1, -0.05) is 0 Å². The average molecular weight is 313 g/mol. The number of nitrogens with zero attached hydrogens (tertiary/aromatic N) is 1. The molecule has 0 radical (unpaired) electrons. The first kappa shape index (κ1) is 16.3. The zero-order valence-electron chi connectivity index (χ0n) is 10.3. The summed E-state index contributed by atoms with van der Waals surface area (Å²) in [4.78, 5) is -0.213. The zero-order valence-corrected chi connectivity index (χ0v) is 11.9. The predicted octanol–water partition coefficient (Wildman–Crippen LogP) is 1.37. The van der Waals surface area contributed by atoms with E-state index in [-0.39, 0.29) is 23.3 Å². The molecule has 1 aromatic carbocycles. The summed E-state index contributed by atoms with van der Waals surface area (Å²) in [5, 5.41) is 3.07. The molecule has 0 aromatic heterocycles. The van der Waals surface area contributed by atoms with Crippen molar-refractivity contribution in [3.05, 3.63) is 29.8 Å². The van der Waals surface area contributed by atoms with Crippen molar-refractivity contribution >= 4 is 22.4 Å². The third-order valence-electron chi connectivity index (χ3n) is 2.94. The number of nitrogens with one attached hydrogen (secondary N) is 1. The lowest BCUT2D eigenvalue weighted by Gasteiger charge is -2.32. The minimum atomic E-state index is -3.76. The lowest BCUT2D eigenvalue weighted by Crippen LogP contribution is -2.52. The van der Waals surface area contributed by atoms with Gasteiger partial charge in [-0.3, -0.25) is 0 Å². The molecule has 0 amide bonds. The number of hydrogen-bond donors (Lipinski definition) is 1. The van der Waals surface area contributed by atoms with E-state index < -0.39 is 21.7 Å². The van der Waals surface area contributed by atoms with Crippen LogP contribution in [0.4, 0.5) is 8.78 Å². The predicted molar refractivity (Wildman–Crippen MR) is 69.8 cm³/mol. The number of piperazine rings is 1. The van der Waals surface area contributed by atoms with Gasteiger partial charge in [-0.2, -0.15) is 4.31 Å². The van der Waals surface area contributed by atoms with Crippen LogP contribution in [0.3, 0.4) is 0 Å². The number of hydrogen-bond acceptors (Lipinski definition) is 3. The maximum atomic E-state index is 13.1. The topological polar surface area (TPSA) is 49.4 Å². The van der Waals surface area contributed by atoms with E-state index in [1.54, 1.807) is 6.92 Å². The number of halogens is 3. The molecule has 0 unspecified atom stereocenters. The van der Waals surface area contributed by atoms with E-state index >= 15 is 0 Å². The summed E-state index contributed by atoms with van der Waals surface area (Å²) in [6.45, 7) is 3.18. The minimum Gasteiger partial charge on any atom is -0.314 e. The van der Waals surface area contributed by atoms with Gasteiger partial charge in [0, 0.05) is 25.7 Å². The summed E-state index contributed by atoms with van der Waals surface area (Å²) in [5.41, 5.74) is 0. The highest BCUT2D eigenvalue weighted by atomic mass is 35.5. The third kappa shape index (κ3) is 3.22. The smallest absolute Gasteiger partial charge is 0.243 e. The first-order valence-corrected chi connectivity index (χ1v) is 7.04. The van der Waals surface area contributed by atoms with Gasteiger partial charge in [0.1, 0.15) is 0 Å². The van der Waals surface area contributed by atoms with Crippen LogP contribution in [0, 0.1) is 11.6 Å².